The second kappa shape index (κ2) is 5.87. The molecule has 1 aromatic rings. The Balaban J connectivity index is 2.08. The molecule has 5 heteroatoms. The molecule has 2 rings (SSSR count). The van der Waals surface area contributed by atoms with E-state index in [0.29, 0.717) is 25.9 Å². The Bertz CT molecular complexity index is 470. The van der Waals surface area contributed by atoms with Gasteiger partial charge in [-0.15, -0.1) is 0 Å². The molecule has 0 aromatic heterocycles. The van der Waals surface area contributed by atoms with E-state index < -0.39 is 11.6 Å². The number of aliphatic hydroxyl groups is 1. The molecule has 20 heavy (non-hydrogen) atoms. The van der Waals surface area contributed by atoms with Crippen molar-refractivity contribution in [1.29, 1.82) is 0 Å². The van der Waals surface area contributed by atoms with Crippen LogP contribution in [-0.2, 0) is 0 Å². The Morgan fingerprint density at radius 3 is 2.25 bits per heavy atom. The van der Waals surface area contributed by atoms with Crippen LogP contribution < -0.4 is 0 Å². The van der Waals surface area contributed by atoms with E-state index in [1.807, 2.05) is 6.92 Å². The van der Waals surface area contributed by atoms with Crippen molar-refractivity contribution >= 4 is 5.91 Å². The Morgan fingerprint density at radius 1 is 1.25 bits per heavy atom. The molecule has 1 aliphatic rings. The van der Waals surface area contributed by atoms with Crippen molar-refractivity contribution in [2.75, 3.05) is 19.7 Å². The van der Waals surface area contributed by atoms with E-state index >= 15 is 0 Å². The molecule has 0 aliphatic carbocycles. The molecule has 0 unspecified atom stereocenters. The van der Waals surface area contributed by atoms with Crippen molar-refractivity contribution in [3.63, 3.8) is 0 Å². The standard InChI is InChI=1S/C15H19F2NO2/c1-2-15(10-19)3-5-18(6-4-15)14(20)11-7-12(16)9-13(17)8-11/h7-9,19H,2-6,10H2,1H3. The summed E-state index contributed by atoms with van der Waals surface area (Å²) in [4.78, 5) is 13.8. The summed E-state index contributed by atoms with van der Waals surface area (Å²) < 4.78 is 26.3. The number of likely N-dealkylation sites (tertiary alicyclic amines) is 1. The van der Waals surface area contributed by atoms with Crippen molar-refractivity contribution in [2.45, 2.75) is 26.2 Å². The van der Waals surface area contributed by atoms with Crippen LogP contribution >= 0.6 is 0 Å². The largest absolute Gasteiger partial charge is 0.396 e. The van der Waals surface area contributed by atoms with Gasteiger partial charge in [0.15, 0.2) is 0 Å². The van der Waals surface area contributed by atoms with E-state index in [4.69, 9.17) is 0 Å². The minimum atomic E-state index is -0.747. The van der Waals surface area contributed by atoms with Crippen molar-refractivity contribution in [3.8, 4) is 0 Å². The third-order valence-corrected chi connectivity index (χ3v) is 4.31. The molecule has 1 fully saturated rings. The quantitative estimate of drug-likeness (QED) is 0.926. The van der Waals surface area contributed by atoms with Crippen LogP contribution in [0.4, 0.5) is 8.78 Å². The first-order valence-electron chi connectivity index (χ1n) is 6.86. The molecular formula is C15H19F2NO2. The van der Waals surface area contributed by atoms with Gasteiger partial charge in [0.2, 0.25) is 0 Å². The van der Waals surface area contributed by atoms with Crippen LogP contribution in [0.3, 0.4) is 0 Å². The molecule has 1 heterocycles. The van der Waals surface area contributed by atoms with E-state index in [1.54, 1.807) is 4.90 Å². The molecule has 0 radical (unpaired) electrons. The minimum absolute atomic E-state index is 0.0375. The van der Waals surface area contributed by atoms with Crippen LogP contribution in [0.15, 0.2) is 18.2 Å². The van der Waals surface area contributed by atoms with Crippen molar-refractivity contribution in [2.24, 2.45) is 5.41 Å². The second-order valence-corrected chi connectivity index (χ2v) is 5.46. The lowest BCUT2D eigenvalue weighted by molar-refractivity contribution is 0.0337. The number of benzene rings is 1. The van der Waals surface area contributed by atoms with Gasteiger partial charge >= 0.3 is 0 Å². The van der Waals surface area contributed by atoms with E-state index in [2.05, 4.69) is 0 Å². The summed E-state index contributed by atoms with van der Waals surface area (Å²) >= 11 is 0. The number of amides is 1. The van der Waals surface area contributed by atoms with Crippen molar-refractivity contribution in [3.05, 3.63) is 35.4 Å². The fourth-order valence-electron chi connectivity index (χ4n) is 2.67. The zero-order valence-electron chi connectivity index (χ0n) is 11.5. The first kappa shape index (κ1) is 14.9. The average Bonchev–Trinajstić information content (AvgIpc) is 2.45. The lowest BCUT2D eigenvalue weighted by Crippen LogP contribution is -2.44. The van der Waals surface area contributed by atoms with E-state index in [9.17, 15) is 18.7 Å². The van der Waals surface area contributed by atoms with E-state index in [1.165, 1.54) is 0 Å². The maximum atomic E-state index is 13.1. The fourth-order valence-corrected chi connectivity index (χ4v) is 2.67. The average molecular weight is 283 g/mol. The van der Waals surface area contributed by atoms with Gasteiger partial charge in [-0.05, 0) is 36.8 Å². The van der Waals surface area contributed by atoms with Gasteiger partial charge in [0.1, 0.15) is 11.6 Å². The highest BCUT2D eigenvalue weighted by Crippen LogP contribution is 2.34. The lowest BCUT2D eigenvalue weighted by Gasteiger charge is -2.40. The normalized spacial score (nSPS) is 18.1. The van der Waals surface area contributed by atoms with Crippen LogP contribution in [0.5, 0.6) is 0 Å². The van der Waals surface area contributed by atoms with Crippen molar-refractivity contribution < 1.29 is 18.7 Å². The maximum Gasteiger partial charge on any atom is 0.254 e. The van der Waals surface area contributed by atoms with Gasteiger partial charge < -0.3 is 10.0 Å². The highest BCUT2D eigenvalue weighted by molar-refractivity contribution is 5.94. The summed E-state index contributed by atoms with van der Waals surface area (Å²) in [7, 11) is 0. The van der Waals surface area contributed by atoms with Gasteiger partial charge in [-0.1, -0.05) is 6.92 Å². The molecule has 1 N–H and O–H groups in total. The van der Waals surface area contributed by atoms with Crippen LogP contribution in [0.2, 0.25) is 0 Å². The van der Waals surface area contributed by atoms with Gasteiger partial charge in [-0.2, -0.15) is 0 Å². The molecule has 1 aromatic carbocycles. The molecule has 3 nitrogen and oxygen atoms in total. The summed E-state index contributed by atoms with van der Waals surface area (Å²) in [6.07, 6.45) is 2.28. The molecule has 0 spiro atoms. The van der Waals surface area contributed by atoms with Crippen LogP contribution in [0.25, 0.3) is 0 Å². The SMILES string of the molecule is CCC1(CO)CCN(C(=O)c2cc(F)cc(F)c2)CC1. The monoisotopic (exact) mass is 283 g/mol. The number of piperidine rings is 1. The number of carbonyl (C=O) groups is 1. The summed E-state index contributed by atoms with van der Waals surface area (Å²) in [5.41, 5.74) is -0.0836. The van der Waals surface area contributed by atoms with Gasteiger partial charge in [-0.3, -0.25) is 4.79 Å². The summed E-state index contributed by atoms with van der Waals surface area (Å²) in [5, 5.41) is 9.45. The van der Waals surface area contributed by atoms with Gasteiger partial charge in [0, 0.05) is 31.3 Å². The maximum absolute atomic E-state index is 13.1. The Hall–Kier alpha value is -1.49. The first-order valence-corrected chi connectivity index (χ1v) is 6.86. The fraction of sp³-hybridized carbons (Fsp3) is 0.533. The molecule has 1 amide bonds. The number of halogens is 2. The summed E-state index contributed by atoms with van der Waals surface area (Å²) in [6, 6.07) is 2.86. The van der Waals surface area contributed by atoms with Gasteiger partial charge in [-0.25, -0.2) is 8.78 Å². The Kier molecular flexibility index (Phi) is 4.38. The lowest BCUT2D eigenvalue weighted by atomic mass is 9.77. The highest BCUT2D eigenvalue weighted by atomic mass is 19.1. The topological polar surface area (TPSA) is 40.5 Å². The number of hydrogen-bond acceptors (Lipinski definition) is 2. The molecule has 0 saturated carbocycles. The molecule has 0 bridgehead atoms. The van der Waals surface area contributed by atoms with E-state index in [0.717, 1.165) is 24.6 Å². The first-order chi connectivity index (χ1) is 9.49. The summed E-state index contributed by atoms with van der Waals surface area (Å²) in [6.45, 7) is 3.15. The minimum Gasteiger partial charge on any atom is -0.396 e. The number of nitrogens with zero attached hydrogens (tertiary/aromatic N) is 1. The van der Waals surface area contributed by atoms with Gasteiger partial charge in [0.05, 0.1) is 0 Å². The third kappa shape index (κ3) is 2.98. The molecule has 110 valence electrons. The molecule has 1 saturated heterocycles. The molecule has 1 aliphatic heterocycles. The number of aliphatic hydroxyl groups excluding tert-OH is 1. The molecular weight excluding hydrogens is 264 g/mol. The van der Waals surface area contributed by atoms with Crippen molar-refractivity contribution in [1.82, 2.24) is 4.90 Å². The third-order valence-electron chi connectivity index (χ3n) is 4.31. The summed E-state index contributed by atoms with van der Waals surface area (Å²) in [5.74, 6) is -1.85. The predicted molar refractivity (Wildman–Crippen MR) is 71.3 cm³/mol. The zero-order chi connectivity index (χ0) is 14.8. The Morgan fingerprint density at radius 2 is 1.80 bits per heavy atom. The molecule has 0 atom stereocenters. The zero-order valence-corrected chi connectivity index (χ0v) is 11.5. The van der Waals surface area contributed by atoms with E-state index in [-0.39, 0.29) is 23.5 Å². The Labute approximate surface area is 117 Å². The van der Waals surface area contributed by atoms with Crippen LogP contribution in [0, 0.1) is 17.0 Å². The van der Waals surface area contributed by atoms with Crippen LogP contribution in [-0.4, -0.2) is 35.6 Å². The second-order valence-electron chi connectivity index (χ2n) is 5.46. The number of carbonyl (C=O) groups excluding carboxylic acids is 1. The highest BCUT2D eigenvalue weighted by Gasteiger charge is 2.34. The van der Waals surface area contributed by atoms with Gasteiger partial charge in [0.25, 0.3) is 5.91 Å². The van der Waals surface area contributed by atoms with Crippen LogP contribution in [0.1, 0.15) is 36.5 Å². The number of hydrogen-bond donors (Lipinski definition) is 1. The number of rotatable bonds is 3. The predicted octanol–water partition coefficient (Wildman–Crippen LogP) is 2.59. The smallest absolute Gasteiger partial charge is 0.254 e.